The maximum Gasteiger partial charge on any atom is 0.227 e. The Hall–Kier alpha value is -1.92. The lowest BCUT2D eigenvalue weighted by Crippen LogP contribution is -2.00. The number of hydrogen-bond acceptors (Lipinski definition) is 6. The van der Waals surface area contributed by atoms with E-state index in [0.29, 0.717) is 18.9 Å². The van der Waals surface area contributed by atoms with Gasteiger partial charge in [0, 0.05) is 25.4 Å². The molecule has 0 bridgehead atoms. The number of aryl methyl sites for hydroxylation is 2. The van der Waals surface area contributed by atoms with Crippen LogP contribution in [0.2, 0.25) is 0 Å². The van der Waals surface area contributed by atoms with Gasteiger partial charge in [-0.25, -0.2) is 0 Å². The average molecular weight is 316 g/mol. The van der Waals surface area contributed by atoms with Crippen LogP contribution in [0.25, 0.3) is 10.6 Å². The van der Waals surface area contributed by atoms with Crippen LogP contribution in [-0.4, -0.2) is 23.4 Å². The lowest BCUT2D eigenvalue weighted by molar-refractivity contribution is 0.192. The van der Waals surface area contributed by atoms with Gasteiger partial charge in [-0.3, -0.25) is 0 Å². The molecule has 1 atom stereocenters. The largest absolute Gasteiger partial charge is 0.460 e. The quantitative estimate of drug-likeness (QED) is 0.718. The summed E-state index contributed by atoms with van der Waals surface area (Å²) < 4.78 is 16.5. The van der Waals surface area contributed by atoms with Gasteiger partial charge in [0.2, 0.25) is 5.89 Å². The fourth-order valence-corrected chi connectivity index (χ4v) is 3.25. The third-order valence-corrected chi connectivity index (χ3v) is 4.67. The van der Waals surface area contributed by atoms with Gasteiger partial charge in [-0.15, -0.1) is 11.3 Å². The molecule has 6 heteroatoms. The normalized spacial score (nSPS) is 18.1. The second kappa shape index (κ2) is 6.06. The minimum absolute atomic E-state index is 0.284. The number of furan rings is 1. The van der Waals surface area contributed by atoms with Gasteiger partial charge in [0.15, 0.2) is 5.82 Å². The van der Waals surface area contributed by atoms with Crippen molar-refractivity contribution in [2.24, 2.45) is 0 Å². The SMILES string of the molecule is c1csc(-c2ccc(CCc3nc([C@H]4CCOC4)no3)o2)c1. The van der Waals surface area contributed by atoms with E-state index in [1.807, 2.05) is 23.6 Å². The van der Waals surface area contributed by atoms with Crippen molar-refractivity contribution in [3.05, 3.63) is 47.1 Å². The Labute approximate surface area is 131 Å². The van der Waals surface area contributed by atoms with Gasteiger partial charge >= 0.3 is 0 Å². The number of aromatic nitrogens is 2. The van der Waals surface area contributed by atoms with E-state index in [4.69, 9.17) is 13.7 Å². The van der Waals surface area contributed by atoms with Crippen molar-refractivity contribution >= 4 is 11.3 Å². The Balaban J connectivity index is 1.38. The first kappa shape index (κ1) is 13.7. The van der Waals surface area contributed by atoms with Crippen LogP contribution in [-0.2, 0) is 17.6 Å². The topological polar surface area (TPSA) is 61.3 Å². The fraction of sp³-hybridized carbons (Fsp3) is 0.375. The molecule has 1 saturated heterocycles. The van der Waals surface area contributed by atoms with Crippen LogP contribution in [0.5, 0.6) is 0 Å². The van der Waals surface area contributed by atoms with Gasteiger partial charge in [-0.1, -0.05) is 11.2 Å². The molecule has 0 aliphatic carbocycles. The fourth-order valence-electron chi connectivity index (χ4n) is 2.57. The van der Waals surface area contributed by atoms with Crippen LogP contribution in [0.1, 0.15) is 29.8 Å². The maximum absolute atomic E-state index is 5.86. The summed E-state index contributed by atoms with van der Waals surface area (Å²) in [5.41, 5.74) is 0. The number of hydrogen-bond donors (Lipinski definition) is 0. The van der Waals surface area contributed by atoms with Crippen LogP contribution >= 0.6 is 11.3 Å². The molecule has 3 aromatic heterocycles. The zero-order chi connectivity index (χ0) is 14.8. The van der Waals surface area contributed by atoms with E-state index in [1.165, 1.54) is 0 Å². The van der Waals surface area contributed by atoms with Gasteiger partial charge in [0.25, 0.3) is 0 Å². The van der Waals surface area contributed by atoms with E-state index >= 15 is 0 Å². The minimum Gasteiger partial charge on any atom is -0.460 e. The highest BCUT2D eigenvalue weighted by Gasteiger charge is 2.23. The Morgan fingerprint density at radius 2 is 2.23 bits per heavy atom. The Bertz CT molecular complexity index is 726. The van der Waals surface area contributed by atoms with Crippen molar-refractivity contribution in [1.82, 2.24) is 10.1 Å². The smallest absolute Gasteiger partial charge is 0.227 e. The molecule has 1 aliphatic rings. The van der Waals surface area contributed by atoms with Crippen molar-refractivity contribution in [3.8, 4) is 10.6 Å². The first-order valence-electron chi connectivity index (χ1n) is 7.41. The summed E-state index contributed by atoms with van der Waals surface area (Å²) in [7, 11) is 0. The summed E-state index contributed by atoms with van der Waals surface area (Å²) in [4.78, 5) is 5.61. The van der Waals surface area contributed by atoms with Gasteiger partial charge in [-0.05, 0) is 30.0 Å². The zero-order valence-electron chi connectivity index (χ0n) is 12.0. The van der Waals surface area contributed by atoms with Crippen molar-refractivity contribution in [3.63, 3.8) is 0 Å². The van der Waals surface area contributed by atoms with Crippen molar-refractivity contribution in [2.75, 3.05) is 13.2 Å². The third kappa shape index (κ3) is 2.84. The lowest BCUT2D eigenvalue weighted by Gasteiger charge is -1.97. The molecule has 0 radical (unpaired) electrons. The van der Waals surface area contributed by atoms with Crippen LogP contribution in [0, 0.1) is 0 Å². The number of rotatable bonds is 5. The molecule has 5 nitrogen and oxygen atoms in total. The molecule has 1 aliphatic heterocycles. The molecule has 0 amide bonds. The number of thiophene rings is 1. The second-order valence-electron chi connectivity index (χ2n) is 5.35. The summed E-state index contributed by atoms with van der Waals surface area (Å²) in [6, 6.07) is 8.10. The van der Waals surface area contributed by atoms with Crippen LogP contribution < -0.4 is 0 Å². The highest BCUT2D eigenvalue weighted by Crippen LogP contribution is 2.27. The molecule has 3 aromatic rings. The highest BCUT2D eigenvalue weighted by atomic mass is 32.1. The Kier molecular flexibility index (Phi) is 3.78. The summed E-state index contributed by atoms with van der Waals surface area (Å²) in [6.07, 6.45) is 2.42. The van der Waals surface area contributed by atoms with Crippen molar-refractivity contribution < 1.29 is 13.7 Å². The summed E-state index contributed by atoms with van der Waals surface area (Å²) >= 11 is 1.67. The molecule has 4 rings (SSSR count). The van der Waals surface area contributed by atoms with E-state index in [-0.39, 0.29) is 5.92 Å². The zero-order valence-corrected chi connectivity index (χ0v) is 12.8. The van der Waals surface area contributed by atoms with Crippen molar-refractivity contribution in [2.45, 2.75) is 25.2 Å². The van der Waals surface area contributed by atoms with E-state index in [0.717, 1.165) is 41.7 Å². The summed E-state index contributed by atoms with van der Waals surface area (Å²) in [6.45, 7) is 1.48. The third-order valence-electron chi connectivity index (χ3n) is 3.79. The van der Waals surface area contributed by atoms with Gasteiger partial charge in [0.1, 0.15) is 11.5 Å². The second-order valence-corrected chi connectivity index (χ2v) is 6.30. The van der Waals surface area contributed by atoms with Gasteiger partial charge in [-0.2, -0.15) is 4.98 Å². The molecule has 0 N–H and O–H groups in total. The Morgan fingerprint density at radius 3 is 3.05 bits per heavy atom. The molecular weight excluding hydrogens is 300 g/mol. The van der Waals surface area contributed by atoms with Crippen LogP contribution in [0.4, 0.5) is 0 Å². The predicted octanol–water partition coefficient (Wildman–Crippen LogP) is 3.68. The van der Waals surface area contributed by atoms with Crippen molar-refractivity contribution in [1.29, 1.82) is 0 Å². The van der Waals surface area contributed by atoms with Crippen LogP contribution in [0.3, 0.4) is 0 Å². The van der Waals surface area contributed by atoms with E-state index in [2.05, 4.69) is 16.2 Å². The standard InChI is InChI=1S/C16H16N2O3S/c1-2-14(22-9-1)13-5-3-12(20-13)4-6-15-17-16(18-21-15)11-7-8-19-10-11/h1-3,5,9,11H,4,6-8,10H2/t11-/m0/s1. The average Bonchev–Trinajstić information content (AvgIpc) is 3.33. The summed E-state index contributed by atoms with van der Waals surface area (Å²) in [5, 5.41) is 6.11. The number of nitrogens with zero attached hydrogens (tertiary/aromatic N) is 2. The van der Waals surface area contributed by atoms with E-state index in [1.54, 1.807) is 11.3 Å². The summed E-state index contributed by atoms with van der Waals surface area (Å²) in [5.74, 6) is 3.57. The molecule has 4 heterocycles. The monoisotopic (exact) mass is 316 g/mol. The first-order valence-corrected chi connectivity index (χ1v) is 8.29. The molecule has 0 saturated carbocycles. The van der Waals surface area contributed by atoms with E-state index in [9.17, 15) is 0 Å². The molecule has 0 aromatic carbocycles. The minimum atomic E-state index is 0.284. The lowest BCUT2D eigenvalue weighted by atomic mass is 10.1. The van der Waals surface area contributed by atoms with Gasteiger partial charge in [0.05, 0.1) is 11.5 Å². The molecule has 22 heavy (non-hydrogen) atoms. The molecule has 0 unspecified atom stereocenters. The molecule has 0 spiro atoms. The molecular formula is C16H16N2O3S. The first-order chi connectivity index (χ1) is 10.9. The van der Waals surface area contributed by atoms with E-state index < -0.39 is 0 Å². The van der Waals surface area contributed by atoms with Gasteiger partial charge < -0.3 is 13.7 Å². The Morgan fingerprint density at radius 1 is 1.23 bits per heavy atom. The highest BCUT2D eigenvalue weighted by molar-refractivity contribution is 7.13. The van der Waals surface area contributed by atoms with Crippen LogP contribution in [0.15, 0.2) is 38.6 Å². The molecule has 1 fully saturated rings. The molecule has 114 valence electrons. The maximum atomic E-state index is 5.86. The number of ether oxygens (including phenoxy) is 1. The predicted molar refractivity (Wildman–Crippen MR) is 81.9 cm³/mol.